The van der Waals surface area contributed by atoms with E-state index in [4.69, 9.17) is 16.3 Å². The van der Waals surface area contributed by atoms with E-state index in [0.29, 0.717) is 0 Å². The summed E-state index contributed by atoms with van der Waals surface area (Å²) in [5.74, 6) is 0.783. The van der Waals surface area contributed by atoms with E-state index in [1.165, 1.54) is 6.42 Å². The molecule has 13 heavy (non-hydrogen) atoms. The van der Waals surface area contributed by atoms with Crippen LogP contribution < -0.4 is 0 Å². The van der Waals surface area contributed by atoms with Gasteiger partial charge in [0.1, 0.15) is 0 Å². The third-order valence-electron chi connectivity index (χ3n) is 2.63. The predicted molar refractivity (Wildman–Crippen MR) is 56.4 cm³/mol. The molecule has 0 atom stereocenters. The third-order valence-corrected chi connectivity index (χ3v) is 2.90. The van der Waals surface area contributed by atoms with Crippen molar-refractivity contribution in [3.05, 3.63) is 0 Å². The monoisotopic (exact) mass is 205 g/mol. The number of morpholine rings is 1. The van der Waals surface area contributed by atoms with Crippen molar-refractivity contribution in [1.29, 1.82) is 0 Å². The van der Waals surface area contributed by atoms with Crippen molar-refractivity contribution in [1.82, 2.24) is 4.90 Å². The Bertz CT molecular complexity index is 150. The fourth-order valence-corrected chi connectivity index (χ4v) is 1.89. The van der Waals surface area contributed by atoms with Gasteiger partial charge in [-0.05, 0) is 33.2 Å². The molecule has 78 valence electrons. The summed E-state index contributed by atoms with van der Waals surface area (Å²) in [6, 6.07) is 0. The highest BCUT2D eigenvalue weighted by atomic mass is 35.5. The molecular formula is C10H20ClNO. The lowest BCUT2D eigenvalue weighted by molar-refractivity contribution is -0.0511. The number of ether oxygens (including phenoxy) is 1. The number of hydrogen-bond donors (Lipinski definition) is 0. The quantitative estimate of drug-likeness (QED) is 0.515. The summed E-state index contributed by atoms with van der Waals surface area (Å²) in [6.45, 7) is 8.44. The van der Waals surface area contributed by atoms with Gasteiger partial charge in [0.2, 0.25) is 0 Å². The second-order valence-corrected chi connectivity index (χ2v) is 4.63. The predicted octanol–water partition coefficient (Wildman–Crippen LogP) is 2.12. The number of nitrogens with zero attached hydrogens (tertiary/aromatic N) is 1. The lowest BCUT2D eigenvalue weighted by Gasteiger charge is -2.42. The first kappa shape index (κ1) is 11.3. The van der Waals surface area contributed by atoms with Gasteiger partial charge in [0, 0.05) is 18.0 Å². The van der Waals surface area contributed by atoms with Crippen molar-refractivity contribution in [3.63, 3.8) is 0 Å². The average Bonchev–Trinajstić information content (AvgIpc) is 2.08. The van der Waals surface area contributed by atoms with Gasteiger partial charge in [-0.3, -0.25) is 4.90 Å². The molecule has 1 heterocycles. The zero-order valence-corrected chi connectivity index (χ0v) is 9.44. The number of halogens is 1. The van der Waals surface area contributed by atoms with Crippen LogP contribution in [-0.4, -0.2) is 42.6 Å². The molecule has 0 N–H and O–H groups in total. The van der Waals surface area contributed by atoms with Gasteiger partial charge in [0.15, 0.2) is 0 Å². The van der Waals surface area contributed by atoms with E-state index < -0.39 is 0 Å². The summed E-state index contributed by atoms with van der Waals surface area (Å²) in [7, 11) is 0. The molecule has 0 spiro atoms. The molecule has 0 aliphatic carbocycles. The lowest BCUT2D eigenvalue weighted by Crippen LogP contribution is -2.53. The van der Waals surface area contributed by atoms with Crippen LogP contribution in [0.1, 0.15) is 26.7 Å². The zero-order chi connectivity index (χ0) is 9.73. The number of rotatable bonds is 4. The number of alkyl halides is 1. The van der Waals surface area contributed by atoms with E-state index in [-0.39, 0.29) is 5.54 Å². The molecule has 1 saturated heterocycles. The smallest absolute Gasteiger partial charge is 0.0645 e. The van der Waals surface area contributed by atoms with E-state index in [2.05, 4.69) is 18.7 Å². The maximum Gasteiger partial charge on any atom is 0.0645 e. The molecule has 3 heteroatoms. The van der Waals surface area contributed by atoms with Gasteiger partial charge in [-0.2, -0.15) is 0 Å². The van der Waals surface area contributed by atoms with Crippen molar-refractivity contribution in [2.75, 3.05) is 32.2 Å². The Labute approximate surface area is 86.2 Å². The van der Waals surface area contributed by atoms with Crippen molar-refractivity contribution in [2.24, 2.45) is 0 Å². The van der Waals surface area contributed by atoms with Gasteiger partial charge in [0.05, 0.1) is 13.2 Å². The lowest BCUT2D eigenvalue weighted by atomic mass is 10.0. The maximum atomic E-state index is 5.65. The molecule has 1 aliphatic rings. The molecule has 2 nitrogen and oxygen atoms in total. The molecule has 0 saturated carbocycles. The standard InChI is InChI=1S/C10H20ClNO/c1-10(2)9-13-8-7-12(10)6-4-3-5-11/h3-9H2,1-2H3. The van der Waals surface area contributed by atoms with Crippen molar-refractivity contribution >= 4 is 11.6 Å². The van der Waals surface area contributed by atoms with Crippen molar-refractivity contribution < 1.29 is 4.74 Å². The van der Waals surface area contributed by atoms with Crippen molar-refractivity contribution in [2.45, 2.75) is 32.2 Å². The average molecular weight is 206 g/mol. The van der Waals surface area contributed by atoms with Crippen LogP contribution in [0, 0.1) is 0 Å². The summed E-state index contributed by atoms with van der Waals surface area (Å²) in [4.78, 5) is 2.50. The molecule has 0 aromatic carbocycles. The van der Waals surface area contributed by atoms with Gasteiger partial charge in [0.25, 0.3) is 0 Å². The van der Waals surface area contributed by atoms with Gasteiger partial charge >= 0.3 is 0 Å². The Kier molecular flexibility index (Phi) is 4.50. The summed E-state index contributed by atoms with van der Waals surface area (Å²) in [5, 5.41) is 0. The van der Waals surface area contributed by atoms with E-state index in [9.17, 15) is 0 Å². The summed E-state index contributed by atoms with van der Waals surface area (Å²) >= 11 is 5.65. The first-order valence-electron chi connectivity index (χ1n) is 5.05. The summed E-state index contributed by atoms with van der Waals surface area (Å²) in [5.41, 5.74) is 0.213. The Balaban J connectivity index is 2.29. The van der Waals surface area contributed by atoms with Crippen LogP contribution >= 0.6 is 11.6 Å². The second-order valence-electron chi connectivity index (χ2n) is 4.25. The summed E-state index contributed by atoms with van der Waals surface area (Å²) in [6.07, 6.45) is 2.32. The van der Waals surface area contributed by atoms with Crippen LogP contribution in [0.4, 0.5) is 0 Å². The molecule has 1 rings (SSSR count). The first-order chi connectivity index (χ1) is 6.17. The minimum absolute atomic E-state index is 0.213. The van der Waals surface area contributed by atoms with Gasteiger partial charge in [-0.15, -0.1) is 11.6 Å². The zero-order valence-electron chi connectivity index (χ0n) is 8.68. The Morgan fingerprint density at radius 3 is 2.77 bits per heavy atom. The molecule has 0 unspecified atom stereocenters. The number of hydrogen-bond acceptors (Lipinski definition) is 2. The SMILES string of the molecule is CC1(C)COCCN1CCCCCl. The molecule has 0 amide bonds. The van der Waals surface area contributed by atoms with E-state index >= 15 is 0 Å². The van der Waals surface area contributed by atoms with Crippen LogP contribution in [0.3, 0.4) is 0 Å². The molecule has 0 bridgehead atoms. The molecule has 1 fully saturated rings. The molecule has 0 radical (unpaired) electrons. The summed E-state index contributed by atoms with van der Waals surface area (Å²) < 4.78 is 5.45. The first-order valence-corrected chi connectivity index (χ1v) is 5.59. The van der Waals surface area contributed by atoms with Crippen LogP contribution in [0.25, 0.3) is 0 Å². The van der Waals surface area contributed by atoms with Gasteiger partial charge < -0.3 is 4.74 Å². The molecule has 1 aliphatic heterocycles. The highest BCUT2D eigenvalue weighted by Gasteiger charge is 2.29. The molecule has 0 aromatic rings. The normalized spacial score (nSPS) is 23.3. The highest BCUT2D eigenvalue weighted by Crippen LogP contribution is 2.19. The van der Waals surface area contributed by atoms with E-state index in [1.54, 1.807) is 0 Å². The molecule has 0 aromatic heterocycles. The van der Waals surface area contributed by atoms with E-state index in [0.717, 1.165) is 38.6 Å². The largest absolute Gasteiger partial charge is 0.378 e. The minimum atomic E-state index is 0.213. The van der Waals surface area contributed by atoms with Crippen LogP contribution in [-0.2, 0) is 4.74 Å². The minimum Gasteiger partial charge on any atom is -0.378 e. The Morgan fingerprint density at radius 1 is 1.38 bits per heavy atom. The fourth-order valence-electron chi connectivity index (χ4n) is 1.70. The topological polar surface area (TPSA) is 12.5 Å². The van der Waals surface area contributed by atoms with E-state index in [1.807, 2.05) is 0 Å². The Morgan fingerprint density at radius 2 is 2.15 bits per heavy atom. The van der Waals surface area contributed by atoms with Gasteiger partial charge in [-0.1, -0.05) is 0 Å². The maximum absolute atomic E-state index is 5.65. The fraction of sp³-hybridized carbons (Fsp3) is 1.00. The Hall–Kier alpha value is 0.210. The highest BCUT2D eigenvalue weighted by molar-refractivity contribution is 6.17. The van der Waals surface area contributed by atoms with Crippen LogP contribution in [0.5, 0.6) is 0 Å². The van der Waals surface area contributed by atoms with Crippen LogP contribution in [0.2, 0.25) is 0 Å². The third kappa shape index (κ3) is 3.45. The van der Waals surface area contributed by atoms with Crippen LogP contribution in [0.15, 0.2) is 0 Å². The molecular weight excluding hydrogens is 186 g/mol. The second kappa shape index (κ2) is 5.18. The number of unbranched alkanes of at least 4 members (excludes halogenated alkanes) is 1. The van der Waals surface area contributed by atoms with Crippen molar-refractivity contribution in [3.8, 4) is 0 Å². The van der Waals surface area contributed by atoms with Gasteiger partial charge in [-0.25, -0.2) is 0 Å².